The van der Waals surface area contributed by atoms with Gasteiger partial charge >= 0.3 is 6.09 Å². The second kappa shape index (κ2) is 13.2. The van der Waals surface area contributed by atoms with Crippen molar-refractivity contribution in [1.29, 1.82) is 0 Å². The number of likely N-dealkylation sites (tertiary alicyclic amines) is 1. The Bertz CT molecular complexity index is 1800. The quantitative estimate of drug-likeness (QED) is 0.260. The maximum Gasteiger partial charge on any atom is 0.410 e. The van der Waals surface area contributed by atoms with E-state index in [4.69, 9.17) is 4.74 Å². The van der Waals surface area contributed by atoms with Crippen LogP contribution in [-0.2, 0) is 41.8 Å². The van der Waals surface area contributed by atoms with Crippen molar-refractivity contribution in [2.75, 3.05) is 31.1 Å². The van der Waals surface area contributed by atoms with Crippen LogP contribution in [0.15, 0.2) is 78.6 Å². The van der Waals surface area contributed by atoms with Crippen molar-refractivity contribution in [2.24, 2.45) is 20.0 Å². The van der Waals surface area contributed by atoms with Crippen LogP contribution in [0.4, 0.5) is 10.5 Å². The largest absolute Gasteiger partial charge is 0.444 e. The number of nitrogens with zero attached hydrogens (tertiary/aromatic N) is 7. The molecular formula is C35H45N7O4S. The molecular weight excluding hydrogens is 614 g/mol. The molecule has 0 aliphatic carbocycles. The third kappa shape index (κ3) is 7.54. The molecule has 2 aliphatic rings. The Hall–Kier alpha value is -4.16. The maximum absolute atomic E-state index is 14.4. The Morgan fingerprint density at radius 1 is 0.957 bits per heavy atom. The van der Waals surface area contributed by atoms with Gasteiger partial charge in [-0.15, -0.1) is 0 Å². The van der Waals surface area contributed by atoms with E-state index in [2.05, 4.69) is 45.2 Å². The monoisotopic (exact) mass is 659 g/mol. The fraction of sp³-hybridized carbons (Fsp3) is 0.457. The highest BCUT2D eigenvalue weighted by molar-refractivity contribution is 7.89. The molecule has 0 N–H and O–H groups in total. The Balaban J connectivity index is 1.32. The summed E-state index contributed by atoms with van der Waals surface area (Å²) in [6.07, 6.45) is 8.51. The van der Waals surface area contributed by atoms with E-state index in [9.17, 15) is 13.2 Å². The zero-order valence-corrected chi connectivity index (χ0v) is 28.7. The molecule has 4 aromatic rings. The van der Waals surface area contributed by atoms with Crippen molar-refractivity contribution >= 4 is 21.8 Å². The van der Waals surface area contributed by atoms with Gasteiger partial charge in [0, 0.05) is 64.4 Å². The van der Waals surface area contributed by atoms with Crippen molar-refractivity contribution < 1.29 is 17.9 Å². The predicted octanol–water partition coefficient (Wildman–Crippen LogP) is 5.09. The highest BCUT2D eigenvalue weighted by atomic mass is 32.2. The number of aryl methyl sites for hydroxylation is 2. The number of carbonyl (C=O) groups is 1. The minimum Gasteiger partial charge on any atom is -0.444 e. The molecule has 2 aliphatic heterocycles. The molecule has 47 heavy (non-hydrogen) atoms. The first-order valence-electron chi connectivity index (χ1n) is 16.2. The molecule has 12 heteroatoms. The average Bonchev–Trinajstić information content (AvgIpc) is 3.67. The molecule has 2 aromatic heterocycles. The number of anilines is 1. The van der Waals surface area contributed by atoms with Crippen molar-refractivity contribution in [3.8, 4) is 11.1 Å². The minimum atomic E-state index is -3.94. The smallest absolute Gasteiger partial charge is 0.410 e. The van der Waals surface area contributed by atoms with E-state index in [0.717, 1.165) is 28.1 Å². The first-order chi connectivity index (χ1) is 22.4. The number of piperidine rings is 1. The summed E-state index contributed by atoms with van der Waals surface area (Å²) in [6.45, 7) is 8.04. The molecule has 1 saturated heterocycles. The third-order valence-electron chi connectivity index (χ3n) is 8.89. The fourth-order valence-electron chi connectivity index (χ4n) is 6.59. The summed E-state index contributed by atoms with van der Waals surface area (Å²) >= 11 is 0. The number of hydrogen-bond donors (Lipinski definition) is 0. The second-order valence-electron chi connectivity index (χ2n) is 13.8. The third-order valence-corrected chi connectivity index (χ3v) is 10.7. The lowest BCUT2D eigenvalue weighted by Gasteiger charge is -2.42. The summed E-state index contributed by atoms with van der Waals surface area (Å²) < 4.78 is 39.8. The summed E-state index contributed by atoms with van der Waals surface area (Å²) in [6, 6.07) is 16.4. The summed E-state index contributed by atoms with van der Waals surface area (Å²) in [5.74, 6) is 0.0773. The molecule has 1 atom stereocenters. The van der Waals surface area contributed by atoms with Gasteiger partial charge in [0.05, 0.1) is 24.9 Å². The molecule has 0 spiro atoms. The van der Waals surface area contributed by atoms with Gasteiger partial charge in [0.15, 0.2) is 5.03 Å². The van der Waals surface area contributed by atoms with Crippen LogP contribution in [0.1, 0.15) is 44.9 Å². The van der Waals surface area contributed by atoms with Crippen LogP contribution in [0.2, 0.25) is 0 Å². The van der Waals surface area contributed by atoms with E-state index >= 15 is 0 Å². The van der Waals surface area contributed by atoms with Gasteiger partial charge in [0.1, 0.15) is 5.60 Å². The van der Waals surface area contributed by atoms with Crippen LogP contribution >= 0.6 is 0 Å². The molecule has 2 aromatic carbocycles. The number of aromatic nitrogens is 4. The Morgan fingerprint density at radius 2 is 1.66 bits per heavy atom. The van der Waals surface area contributed by atoms with Gasteiger partial charge in [0.25, 0.3) is 10.0 Å². The number of amides is 1. The second-order valence-corrected chi connectivity index (χ2v) is 15.7. The van der Waals surface area contributed by atoms with Gasteiger partial charge in [-0.1, -0.05) is 36.4 Å². The molecule has 0 radical (unpaired) electrons. The molecule has 1 amide bonds. The number of sulfonamides is 1. The van der Waals surface area contributed by atoms with Crippen LogP contribution in [-0.4, -0.2) is 80.6 Å². The molecule has 1 unspecified atom stereocenters. The summed E-state index contributed by atoms with van der Waals surface area (Å²) in [5, 5.41) is 0.0475. The number of fused-ring (bicyclic) bond motifs is 1. The number of imidazole rings is 2. The number of hydrogen-bond acceptors (Lipinski definition) is 7. The SMILES string of the molecule is Cn1cnc(CN2CC(N(CC3CCN(C(=O)OC(C)(C)C)CC3)S(=O)(=O)c3cn(C)cn3)Cc3cc(-c4ccccc4)ccc32)c1. The fourth-order valence-corrected chi connectivity index (χ4v) is 8.25. The molecule has 11 nitrogen and oxygen atoms in total. The Kier molecular flexibility index (Phi) is 9.17. The molecule has 6 rings (SSSR count). The standard InChI is InChI=1S/C35H45N7O4S/c1-35(2,3)46-34(43)40-15-13-26(14-16-40)19-42(47(44,45)33-23-39(5)25-37-33)31-18-29-17-28(27-9-7-6-8-10-27)11-12-32(29)41(22-31)21-30-20-38(4)24-36-30/h6-12,17,20,23-26,31H,13-16,18-19,21-22H2,1-5H3. The van der Waals surface area contributed by atoms with E-state index in [1.807, 2.05) is 56.8 Å². The topological polar surface area (TPSA) is 106 Å². The summed E-state index contributed by atoms with van der Waals surface area (Å²) in [5.41, 5.74) is 4.74. The van der Waals surface area contributed by atoms with E-state index < -0.39 is 15.6 Å². The van der Waals surface area contributed by atoms with E-state index in [1.54, 1.807) is 33.3 Å². The Labute approximate surface area is 277 Å². The molecule has 1 fully saturated rings. The Morgan fingerprint density at radius 3 is 2.30 bits per heavy atom. The summed E-state index contributed by atoms with van der Waals surface area (Å²) in [4.78, 5) is 25.6. The lowest BCUT2D eigenvalue weighted by atomic mass is 9.92. The van der Waals surface area contributed by atoms with Gasteiger partial charge in [-0.2, -0.15) is 4.31 Å². The first-order valence-corrected chi connectivity index (χ1v) is 17.7. The van der Waals surface area contributed by atoms with Crippen LogP contribution in [0.25, 0.3) is 11.1 Å². The normalized spacial score (nSPS) is 17.6. The van der Waals surface area contributed by atoms with Gasteiger partial charge < -0.3 is 23.7 Å². The molecule has 0 bridgehead atoms. The minimum absolute atomic E-state index is 0.0475. The lowest BCUT2D eigenvalue weighted by molar-refractivity contribution is 0.0174. The number of rotatable bonds is 8. The first kappa shape index (κ1) is 32.8. The van der Waals surface area contributed by atoms with E-state index in [1.165, 1.54) is 6.33 Å². The van der Waals surface area contributed by atoms with Gasteiger partial charge in [-0.25, -0.2) is 23.2 Å². The highest BCUT2D eigenvalue weighted by Gasteiger charge is 2.39. The average molecular weight is 660 g/mol. The van der Waals surface area contributed by atoms with Gasteiger partial charge in [0.2, 0.25) is 0 Å². The number of benzene rings is 2. The zero-order valence-electron chi connectivity index (χ0n) is 27.9. The zero-order chi connectivity index (χ0) is 33.3. The maximum atomic E-state index is 14.4. The van der Waals surface area contributed by atoms with E-state index in [0.29, 0.717) is 52.0 Å². The van der Waals surface area contributed by atoms with Crippen molar-refractivity contribution in [1.82, 2.24) is 28.3 Å². The number of carbonyl (C=O) groups excluding carboxylic acids is 1. The lowest BCUT2D eigenvalue weighted by Crippen LogP contribution is -2.53. The number of ether oxygens (including phenoxy) is 1. The summed E-state index contributed by atoms with van der Waals surface area (Å²) in [7, 11) is -0.214. The molecule has 4 heterocycles. The van der Waals surface area contributed by atoms with Crippen LogP contribution in [0, 0.1) is 5.92 Å². The van der Waals surface area contributed by atoms with Crippen LogP contribution in [0.3, 0.4) is 0 Å². The van der Waals surface area contributed by atoms with Gasteiger partial charge in [-0.05, 0) is 74.8 Å². The highest BCUT2D eigenvalue weighted by Crippen LogP contribution is 2.36. The van der Waals surface area contributed by atoms with E-state index in [-0.39, 0.29) is 23.1 Å². The van der Waals surface area contributed by atoms with Gasteiger partial charge in [-0.3, -0.25) is 0 Å². The van der Waals surface area contributed by atoms with Crippen LogP contribution < -0.4 is 4.90 Å². The van der Waals surface area contributed by atoms with Crippen molar-refractivity contribution in [2.45, 2.75) is 63.2 Å². The molecule has 0 saturated carbocycles. The molecule has 250 valence electrons. The van der Waals surface area contributed by atoms with Crippen LogP contribution in [0.5, 0.6) is 0 Å². The van der Waals surface area contributed by atoms with Crippen molar-refractivity contribution in [3.05, 3.63) is 84.8 Å². The predicted molar refractivity (Wildman–Crippen MR) is 181 cm³/mol. The van der Waals surface area contributed by atoms with Crippen molar-refractivity contribution in [3.63, 3.8) is 0 Å².